The number of rotatable bonds is 7. The average molecular weight is 775 g/mol. The molecule has 0 saturated heterocycles. The molecule has 290 valence electrons. The molecule has 0 radical (unpaired) electrons. The molecule has 2 unspecified atom stereocenters. The summed E-state index contributed by atoms with van der Waals surface area (Å²) >= 11 is 0. The van der Waals surface area contributed by atoms with Crippen LogP contribution in [0.25, 0.3) is 67.2 Å². The summed E-state index contributed by atoms with van der Waals surface area (Å²) in [6.45, 7) is 4.58. The maximum atomic E-state index is 9.32. The summed E-state index contributed by atoms with van der Waals surface area (Å²) < 4.78 is 0. The van der Waals surface area contributed by atoms with Crippen LogP contribution in [0.3, 0.4) is 0 Å². The predicted octanol–water partition coefficient (Wildman–Crippen LogP) is 13.6. The maximum absolute atomic E-state index is 9.32. The summed E-state index contributed by atoms with van der Waals surface area (Å²) in [4.78, 5) is 15.1. The lowest BCUT2D eigenvalue weighted by molar-refractivity contribution is -0.0281. The molecule has 8 aromatic rings. The molecule has 1 aromatic heterocycles. The molecule has 0 spiro atoms. The minimum absolute atomic E-state index is 0.199. The van der Waals surface area contributed by atoms with Gasteiger partial charge in [0.05, 0.1) is 11.6 Å². The van der Waals surface area contributed by atoms with Crippen LogP contribution in [0.4, 0.5) is 0 Å². The minimum Gasteiger partial charge on any atom is -0.208 e. The van der Waals surface area contributed by atoms with E-state index in [1.807, 2.05) is 48.5 Å². The van der Waals surface area contributed by atoms with Crippen molar-refractivity contribution in [2.45, 2.75) is 63.2 Å². The molecule has 1 heterocycles. The monoisotopic (exact) mass is 774 g/mol. The fourth-order valence-corrected chi connectivity index (χ4v) is 11.9. The van der Waals surface area contributed by atoms with Crippen LogP contribution < -0.4 is 0 Å². The van der Waals surface area contributed by atoms with Crippen LogP contribution >= 0.6 is 0 Å². The van der Waals surface area contributed by atoms with Crippen molar-refractivity contribution in [2.75, 3.05) is 0 Å². The first-order valence-corrected chi connectivity index (χ1v) is 21.5. The first-order valence-electron chi connectivity index (χ1n) is 21.5. The lowest BCUT2D eigenvalue weighted by atomic mass is 9.41. The van der Waals surface area contributed by atoms with Crippen molar-refractivity contribution >= 4 is 10.8 Å². The highest BCUT2D eigenvalue weighted by atomic mass is 15.0. The van der Waals surface area contributed by atoms with E-state index in [4.69, 9.17) is 15.0 Å². The van der Waals surface area contributed by atoms with E-state index < -0.39 is 0 Å². The van der Waals surface area contributed by atoms with Crippen molar-refractivity contribution in [3.05, 3.63) is 186 Å². The Morgan fingerprint density at radius 2 is 0.933 bits per heavy atom. The van der Waals surface area contributed by atoms with Crippen LogP contribution in [-0.2, 0) is 10.8 Å². The van der Waals surface area contributed by atoms with Gasteiger partial charge < -0.3 is 0 Å². The number of nitriles is 1. The molecule has 2 atom stereocenters. The maximum Gasteiger partial charge on any atom is 0.164 e. The van der Waals surface area contributed by atoms with E-state index in [2.05, 4.69) is 129 Å². The Morgan fingerprint density at radius 1 is 0.467 bits per heavy atom. The number of fused-ring (bicyclic) bond motifs is 1. The third-order valence-corrected chi connectivity index (χ3v) is 14.2. The highest BCUT2D eigenvalue weighted by molar-refractivity contribution is 6.04. The zero-order valence-electron chi connectivity index (χ0n) is 34.2. The van der Waals surface area contributed by atoms with Crippen LogP contribution in [-0.4, -0.2) is 15.0 Å². The first kappa shape index (κ1) is 36.4. The van der Waals surface area contributed by atoms with Gasteiger partial charge in [-0.1, -0.05) is 140 Å². The topological polar surface area (TPSA) is 62.5 Å². The van der Waals surface area contributed by atoms with Gasteiger partial charge in [0.2, 0.25) is 0 Å². The summed E-state index contributed by atoms with van der Waals surface area (Å²) in [6, 6.07) is 58.6. The Balaban J connectivity index is 0.948. The van der Waals surface area contributed by atoms with Gasteiger partial charge >= 0.3 is 0 Å². The Kier molecular flexibility index (Phi) is 8.64. The molecule has 4 heteroatoms. The van der Waals surface area contributed by atoms with Gasteiger partial charge in [0.15, 0.2) is 17.5 Å². The van der Waals surface area contributed by atoms with Gasteiger partial charge in [-0.15, -0.1) is 0 Å². The van der Waals surface area contributed by atoms with Crippen LogP contribution in [0.5, 0.6) is 0 Å². The Bertz CT molecular complexity index is 2910. The molecule has 0 aliphatic heterocycles. The van der Waals surface area contributed by atoms with E-state index in [-0.39, 0.29) is 10.8 Å². The van der Waals surface area contributed by atoms with Crippen molar-refractivity contribution in [1.29, 1.82) is 5.26 Å². The van der Waals surface area contributed by atoms with Gasteiger partial charge in [-0.3, -0.25) is 0 Å². The van der Waals surface area contributed by atoms with Crippen molar-refractivity contribution in [2.24, 2.45) is 11.8 Å². The lowest BCUT2D eigenvalue weighted by Crippen LogP contribution is -2.56. The number of aryl methyl sites for hydroxylation is 2. The van der Waals surface area contributed by atoms with Gasteiger partial charge in [0.25, 0.3) is 0 Å². The second-order valence-electron chi connectivity index (χ2n) is 18.0. The van der Waals surface area contributed by atoms with E-state index in [0.717, 1.165) is 33.9 Å². The second kappa shape index (κ2) is 14.2. The number of nitrogens with zero attached hydrogens (tertiary/aromatic N) is 4. The molecule has 4 saturated carbocycles. The number of benzene rings is 7. The van der Waals surface area contributed by atoms with Gasteiger partial charge in [-0.05, 0) is 149 Å². The van der Waals surface area contributed by atoms with E-state index >= 15 is 0 Å². The number of hydrogen-bond donors (Lipinski definition) is 0. The number of hydrogen-bond acceptors (Lipinski definition) is 4. The Morgan fingerprint density at radius 3 is 1.47 bits per heavy atom. The molecule has 4 nitrogen and oxygen atoms in total. The molecule has 4 aliphatic rings. The summed E-state index contributed by atoms with van der Waals surface area (Å²) in [6.07, 6.45) is 7.80. The Hall–Kier alpha value is -6.70. The van der Waals surface area contributed by atoms with Crippen molar-refractivity contribution in [3.63, 3.8) is 0 Å². The van der Waals surface area contributed by atoms with Crippen LogP contribution in [0.1, 0.15) is 66.3 Å². The molecular weight excluding hydrogens is 729 g/mol. The molecule has 4 fully saturated rings. The smallest absolute Gasteiger partial charge is 0.164 e. The highest BCUT2D eigenvalue weighted by Gasteiger charge is 2.58. The largest absolute Gasteiger partial charge is 0.208 e. The first-order chi connectivity index (χ1) is 29.4. The third kappa shape index (κ3) is 6.15. The zero-order valence-corrected chi connectivity index (χ0v) is 34.2. The zero-order chi connectivity index (χ0) is 40.4. The predicted molar refractivity (Wildman–Crippen MR) is 243 cm³/mol. The van der Waals surface area contributed by atoms with Crippen molar-refractivity contribution < 1.29 is 0 Å². The Labute approximate surface area is 352 Å². The van der Waals surface area contributed by atoms with Gasteiger partial charge in [-0.25, -0.2) is 15.0 Å². The summed E-state index contributed by atoms with van der Waals surface area (Å²) in [5, 5.41) is 11.7. The standard InChI is InChI=1S/C56H46N4/c1-36-27-44(21-23-46(36)41-19-17-38(34-57)18-20-41)55-30-39-29-40(31-55)33-56(32-39,35-55)45-22-24-47(37(2)28-45)50-25-26-51(49-16-10-9-15-48(49)50)54-59-52(42-11-5-3-6-12-42)58-53(60-54)43-13-7-4-8-14-43/h3-28,39-40H,29-33,35H2,1-2H3. The van der Waals surface area contributed by atoms with E-state index in [9.17, 15) is 5.26 Å². The molecule has 0 amide bonds. The number of aromatic nitrogens is 3. The van der Waals surface area contributed by atoms with E-state index in [0.29, 0.717) is 23.0 Å². The van der Waals surface area contributed by atoms with E-state index in [1.54, 1.807) is 0 Å². The summed E-state index contributed by atoms with van der Waals surface area (Å²) in [7, 11) is 0. The SMILES string of the molecule is Cc1cc(C23CC4CC(C2)CC(c2ccc(-c5ccc(-c6nc(-c7ccccc7)nc(-c7ccccc7)n6)c6ccccc56)c(C)c2)(C4)C3)ccc1-c1ccc(C#N)cc1. The summed E-state index contributed by atoms with van der Waals surface area (Å²) in [5.74, 6) is 3.54. The average Bonchev–Trinajstić information content (AvgIpc) is 3.29. The second-order valence-corrected chi connectivity index (χ2v) is 18.0. The normalized spacial score (nSPS) is 21.6. The van der Waals surface area contributed by atoms with Gasteiger partial charge in [0, 0.05) is 16.7 Å². The third-order valence-electron chi connectivity index (χ3n) is 14.2. The minimum atomic E-state index is 0.199. The van der Waals surface area contributed by atoms with Crippen LogP contribution in [0.15, 0.2) is 158 Å². The van der Waals surface area contributed by atoms with Gasteiger partial charge in [-0.2, -0.15) is 5.26 Å². The lowest BCUT2D eigenvalue weighted by Gasteiger charge is -2.63. The molecule has 12 rings (SSSR count). The van der Waals surface area contributed by atoms with Crippen LogP contribution in [0.2, 0.25) is 0 Å². The molecular formula is C56H46N4. The highest BCUT2D eigenvalue weighted by Crippen LogP contribution is 2.66. The fraction of sp³-hybridized carbons (Fsp3) is 0.214. The molecule has 60 heavy (non-hydrogen) atoms. The van der Waals surface area contributed by atoms with Crippen molar-refractivity contribution in [3.8, 4) is 62.5 Å². The van der Waals surface area contributed by atoms with E-state index in [1.165, 1.54) is 88.4 Å². The molecule has 4 bridgehead atoms. The fourth-order valence-electron chi connectivity index (χ4n) is 11.9. The molecule has 7 aromatic carbocycles. The summed E-state index contributed by atoms with van der Waals surface area (Å²) in [5.41, 5.74) is 14.7. The molecule has 4 aliphatic carbocycles. The van der Waals surface area contributed by atoms with Gasteiger partial charge in [0.1, 0.15) is 0 Å². The quantitative estimate of drug-likeness (QED) is 0.162. The molecule has 0 N–H and O–H groups in total. The van der Waals surface area contributed by atoms with Crippen LogP contribution in [0, 0.1) is 37.0 Å². The van der Waals surface area contributed by atoms with Crippen molar-refractivity contribution in [1.82, 2.24) is 15.0 Å².